The van der Waals surface area contributed by atoms with Gasteiger partial charge in [0.15, 0.2) is 16.6 Å². The zero-order valence-corrected chi connectivity index (χ0v) is 20.0. The number of rotatable bonds is 9. The van der Waals surface area contributed by atoms with E-state index in [1.807, 2.05) is 37.3 Å². The summed E-state index contributed by atoms with van der Waals surface area (Å²) in [6.45, 7) is 11.6. The second-order valence-electron chi connectivity index (χ2n) is 7.45. The van der Waals surface area contributed by atoms with Gasteiger partial charge in [0, 0.05) is 30.8 Å². The van der Waals surface area contributed by atoms with Crippen molar-refractivity contribution in [1.82, 2.24) is 9.88 Å². The van der Waals surface area contributed by atoms with E-state index >= 15 is 0 Å². The Morgan fingerprint density at radius 2 is 1.65 bits per heavy atom. The number of aromatic nitrogens is 1. The maximum atomic E-state index is 13.5. The van der Waals surface area contributed by atoms with Gasteiger partial charge < -0.3 is 14.4 Å². The molecule has 0 aliphatic carbocycles. The molecular formula is C24H31N3O3S. The van der Waals surface area contributed by atoms with E-state index in [4.69, 9.17) is 14.5 Å². The molecule has 0 aliphatic rings. The lowest BCUT2D eigenvalue weighted by molar-refractivity contribution is 0.0983. The summed E-state index contributed by atoms with van der Waals surface area (Å²) in [4.78, 5) is 22.4. The Morgan fingerprint density at radius 3 is 2.26 bits per heavy atom. The van der Waals surface area contributed by atoms with Crippen molar-refractivity contribution >= 4 is 32.6 Å². The molecule has 3 rings (SSSR count). The molecule has 166 valence electrons. The van der Waals surface area contributed by atoms with E-state index < -0.39 is 0 Å². The van der Waals surface area contributed by atoms with Crippen LogP contribution in [-0.2, 0) is 0 Å². The van der Waals surface area contributed by atoms with Crippen molar-refractivity contribution in [2.45, 2.75) is 27.7 Å². The molecule has 1 heterocycles. The van der Waals surface area contributed by atoms with Crippen molar-refractivity contribution in [3.8, 4) is 11.5 Å². The Labute approximate surface area is 188 Å². The van der Waals surface area contributed by atoms with Gasteiger partial charge in [-0.15, -0.1) is 0 Å². The van der Waals surface area contributed by atoms with E-state index in [1.165, 1.54) is 16.9 Å². The number of hydrogen-bond donors (Lipinski definition) is 0. The number of fused-ring (bicyclic) bond motifs is 1. The predicted octanol–water partition coefficient (Wildman–Crippen LogP) is 4.92. The summed E-state index contributed by atoms with van der Waals surface area (Å²) in [6.07, 6.45) is 0. The minimum atomic E-state index is -0.0340. The van der Waals surface area contributed by atoms with Gasteiger partial charge in [-0.25, -0.2) is 4.98 Å². The first-order valence-corrected chi connectivity index (χ1v) is 11.4. The third-order valence-electron chi connectivity index (χ3n) is 5.65. The maximum Gasteiger partial charge on any atom is 0.260 e. The minimum Gasteiger partial charge on any atom is -0.493 e. The van der Waals surface area contributed by atoms with Gasteiger partial charge >= 0.3 is 0 Å². The first kappa shape index (κ1) is 23.0. The van der Waals surface area contributed by atoms with Crippen molar-refractivity contribution < 1.29 is 14.3 Å². The van der Waals surface area contributed by atoms with Gasteiger partial charge in [-0.3, -0.25) is 9.69 Å². The molecule has 1 aromatic heterocycles. The quantitative estimate of drug-likeness (QED) is 0.472. The Hall–Kier alpha value is -2.64. The van der Waals surface area contributed by atoms with Gasteiger partial charge in [-0.2, -0.15) is 0 Å². The van der Waals surface area contributed by atoms with Crippen molar-refractivity contribution in [2.24, 2.45) is 0 Å². The molecule has 0 spiro atoms. The van der Waals surface area contributed by atoms with Crippen LogP contribution < -0.4 is 14.4 Å². The number of anilines is 1. The number of carbonyl (C=O) groups excluding carboxylic acids is 1. The van der Waals surface area contributed by atoms with Crippen LogP contribution in [0.15, 0.2) is 30.3 Å². The first-order valence-electron chi connectivity index (χ1n) is 10.6. The summed E-state index contributed by atoms with van der Waals surface area (Å²) in [7, 11) is 3.22. The Bertz CT molecular complexity index is 1020. The number of hydrogen-bond acceptors (Lipinski definition) is 6. The standard InChI is InChI=1S/C24H31N3O3S/c1-7-26(8-2)11-12-27(23(28)18-10-9-16(3)17(4)13-18)24-25-19-14-20(29-5)21(30-6)15-22(19)31-24/h9-10,13-15H,7-8,11-12H2,1-6H3. The molecule has 0 saturated carbocycles. The van der Waals surface area contributed by atoms with Gasteiger partial charge in [0.05, 0.1) is 24.4 Å². The minimum absolute atomic E-state index is 0.0340. The number of aryl methyl sites for hydroxylation is 2. The van der Waals surface area contributed by atoms with E-state index in [2.05, 4.69) is 25.7 Å². The average Bonchev–Trinajstić information content (AvgIpc) is 3.19. The summed E-state index contributed by atoms with van der Waals surface area (Å²) in [5.74, 6) is 1.25. The fraction of sp³-hybridized carbons (Fsp3) is 0.417. The number of carbonyl (C=O) groups is 1. The summed E-state index contributed by atoms with van der Waals surface area (Å²) in [5, 5.41) is 0.681. The van der Waals surface area contributed by atoms with Crippen molar-refractivity contribution in [1.29, 1.82) is 0 Å². The van der Waals surface area contributed by atoms with Crippen LogP contribution in [0.25, 0.3) is 10.2 Å². The van der Waals surface area contributed by atoms with Crippen LogP contribution in [0.4, 0.5) is 5.13 Å². The van der Waals surface area contributed by atoms with Crippen LogP contribution in [0.5, 0.6) is 11.5 Å². The van der Waals surface area contributed by atoms with E-state index in [9.17, 15) is 4.79 Å². The molecule has 0 aliphatic heterocycles. The maximum absolute atomic E-state index is 13.5. The number of nitrogens with zero attached hydrogens (tertiary/aromatic N) is 3. The normalized spacial score (nSPS) is 11.2. The van der Waals surface area contributed by atoms with Crippen molar-refractivity contribution in [3.05, 3.63) is 47.0 Å². The number of methoxy groups -OCH3 is 2. The third-order valence-corrected chi connectivity index (χ3v) is 6.69. The van der Waals surface area contributed by atoms with E-state index in [1.54, 1.807) is 19.1 Å². The molecule has 0 fully saturated rings. The van der Waals surface area contributed by atoms with Gasteiger partial charge in [0.2, 0.25) is 0 Å². The average molecular weight is 442 g/mol. The first-order chi connectivity index (χ1) is 14.9. The number of likely N-dealkylation sites (N-methyl/N-ethyl adjacent to an activating group) is 1. The van der Waals surface area contributed by atoms with Gasteiger partial charge in [-0.05, 0) is 50.2 Å². The molecule has 7 heteroatoms. The summed E-state index contributed by atoms with van der Waals surface area (Å²) < 4.78 is 11.8. The molecule has 0 radical (unpaired) electrons. The topological polar surface area (TPSA) is 54.9 Å². The molecule has 0 N–H and O–H groups in total. The van der Waals surface area contributed by atoms with Crippen LogP contribution in [0, 0.1) is 13.8 Å². The number of amides is 1. The molecule has 1 amide bonds. The van der Waals surface area contributed by atoms with Crippen molar-refractivity contribution in [3.63, 3.8) is 0 Å². The second kappa shape index (κ2) is 10.1. The fourth-order valence-corrected chi connectivity index (χ4v) is 4.45. The molecule has 3 aromatic rings. The highest BCUT2D eigenvalue weighted by Crippen LogP contribution is 2.37. The molecule has 31 heavy (non-hydrogen) atoms. The molecule has 0 bridgehead atoms. The molecule has 0 saturated heterocycles. The number of thiazole rings is 1. The van der Waals surface area contributed by atoms with Crippen LogP contribution >= 0.6 is 11.3 Å². The number of benzene rings is 2. The van der Waals surface area contributed by atoms with E-state index in [-0.39, 0.29) is 5.91 Å². The van der Waals surface area contributed by atoms with Crippen LogP contribution in [-0.4, -0.2) is 56.2 Å². The lowest BCUT2D eigenvalue weighted by atomic mass is 10.1. The summed E-state index contributed by atoms with van der Waals surface area (Å²) in [5.41, 5.74) is 3.74. The summed E-state index contributed by atoms with van der Waals surface area (Å²) >= 11 is 1.49. The molecule has 0 unspecified atom stereocenters. The zero-order chi connectivity index (χ0) is 22.5. The monoisotopic (exact) mass is 441 g/mol. The fourth-order valence-electron chi connectivity index (χ4n) is 3.45. The largest absolute Gasteiger partial charge is 0.493 e. The van der Waals surface area contributed by atoms with Crippen LogP contribution in [0.3, 0.4) is 0 Å². The van der Waals surface area contributed by atoms with Gasteiger partial charge in [0.25, 0.3) is 5.91 Å². The number of ether oxygens (including phenoxy) is 2. The van der Waals surface area contributed by atoms with E-state index in [0.717, 1.165) is 35.4 Å². The van der Waals surface area contributed by atoms with E-state index in [0.29, 0.717) is 28.7 Å². The lowest BCUT2D eigenvalue weighted by Gasteiger charge is -2.25. The Morgan fingerprint density at radius 1 is 0.968 bits per heavy atom. The smallest absolute Gasteiger partial charge is 0.260 e. The van der Waals surface area contributed by atoms with Crippen LogP contribution in [0.2, 0.25) is 0 Å². The zero-order valence-electron chi connectivity index (χ0n) is 19.2. The predicted molar refractivity (Wildman–Crippen MR) is 128 cm³/mol. The lowest BCUT2D eigenvalue weighted by Crippen LogP contribution is -2.38. The molecule has 0 atom stereocenters. The highest BCUT2D eigenvalue weighted by molar-refractivity contribution is 7.22. The van der Waals surface area contributed by atoms with Gasteiger partial charge in [0.1, 0.15) is 0 Å². The van der Waals surface area contributed by atoms with Gasteiger partial charge in [-0.1, -0.05) is 31.3 Å². The summed E-state index contributed by atoms with van der Waals surface area (Å²) in [6, 6.07) is 9.63. The SMILES string of the molecule is CCN(CC)CCN(C(=O)c1ccc(C)c(C)c1)c1nc2cc(OC)c(OC)cc2s1. The highest BCUT2D eigenvalue weighted by atomic mass is 32.1. The molecular weight excluding hydrogens is 410 g/mol. The highest BCUT2D eigenvalue weighted by Gasteiger charge is 2.23. The van der Waals surface area contributed by atoms with Crippen molar-refractivity contribution in [2.75, 3.05) is 45.3 Å². The Balaban J connectivity index is 2.02. The Kier molecular flexibility index (Phi) is 7.51. The second-order valence-corrected chi connectivity index (χ2v) is 8.46. The molecule has 6 nitrogen and oxygen atoms in total. The van der Waals surface area contributed by atoms with Crippen LogP contribution in [0.1, 0.15) is 35.3 Å². The third kappa shape index (κ3) is 4.99. The molecule has 2 aromatic carbocycles.